The van der Waals surface area contributed by atoms with Crippen molar-refractivity contribution in [2.45, 2.75) is 5.22 Å². The normalized spacial score (nSPS) is 10.7. The number of benzene rings is 1. The first-order chi connectivity index (χ1) is 11.1. The second-order valence-corrected chi connectivity index (χ2v) is 5.54. The van der Waals surface area contributed by atoms with Gasteiger partial charge in [-0.25, -0.2) is 9.89 Å². The maximum Gasteiger partial charge on any atom is 0.362 e. The lowest BCUT2D eigenvalue weighted by molar-refractivity contribution is -0.114. The number of aromatic nitrogens is 5. The number of nitrogens with zero attached hydrogens (tertiary/aromatic N) is 4. The molecule has 0 unspecified atom stereocenters. The van der Waals surface area contributed by atoms with Gasteiger partial charge in [-0.3, -0.25) is 10.2 Å². The predicted molar refractivity (Wildman–Crippen MR) is 82.7 cm³/mol. The van der Waals surface area contributed by atoms with Gasteiger partial charge in [0.2, 0.25) is 11.8 Å². The summed E-state index contributed by atoms with van der Waals surface area (Å²) in [6.07, 6.45) is 1.16. The van der Waals surface area contributed by atoms with Crippen LogP contribution in [0, 0.1) is 0 Å². The average Bonchev–Trinajstić information content (AvgIpc) is 3.16. The van der Waals surface area contributed by atoms with Crippen LogP contribution in [0.1, 0.15) is 0 Å². The van der Waals surface area contributed by atoms with Crippen LogP contribution in [0.3, 0.4) is 0 Å². The molecule has 3 aromatic rings. The van der Waals surface area contributed by atoms with Crippen molar-refractivity contribution < 1.29 is 9.21 Å². The van der Waals surface area contributed by atoms with Crippen LogP contribution in [-0.2, 0) is 4.79 Å². The summed E-state index contributed by atoms with van der Waals surface area (Å²) in [6.45, 7) is 0. The van der Waals surface area contributed by atoms with Crippen molar-refractivity contribution in [1.29, 1.82) is 0 Å². The zero-order valence-electron chi connectivity index (χ0n) is 11.4. The topological polar surface area (TPSA) is 119 Å². The lowest BCUT2D eigenvalue weighted by Gasteiger charge is -2.01. The second kappa shape index (κ2) is 6.67. The highest BCUT2D eigenvalue weighted by atomic mass is 35.5. The molecule has 0 spiro atoms. The van der Waals surface area contributed by atoms with Crippen LogP contribution >= 0.6 is 23.4 Å². The standard InChI is InChI=1S/C12H9ClN6O3S/c13-8-4-2-1-3-7(8)10-15-17-12(22-10)23-5-9(20)18-19-6-14-16-11(19)21/h1-4,6H,5H2,(H,16,21)(H,18,20). The number of amides is 1. The maximum atomic E-state index is 11.7. The van der Waals surface area contributed by atoms with E-state index in [-0.39, 0.29) is 16.9 Å². The van der Waals surface area contributed by atoms with E-state index < -0.39 is 11.6 Å². The molecule has 0 saturated heterocycles. The summed E-state index contributed by atoms with van der Waals surface area (Å²) < 4.78 is 6.39. The van der Waals surface area contributed by atoms with Crippen molar-refractivity contribution in [1.82, 2.24) is 25.1 Å². The third-order valence-electron chi connectivity index (χ3n) is 2.63. The second-order valence-electron chi connectivity index (χ2n) is 4.21. The Balaban J connectivity index is 1.61. The molecule has 0 atom stereocenters. The number of rotatable bonds is 5. The molecule has 0 fully saturated rings. The molecule has 2 heterocycles. The van der Waals surface area contributed by atoms with Crippen LogP contribution < -0.4 is 11.1 Å². The molecule has 23 heavy (non-hydrogen) atoms. The molecule has 11 heteroatoms. The fraction of sp³-hybridized carbons (Fsp3) is 0.0833. The van der Waals surface area contributed by atoms with E-state index in [4.69, 9.17) is 16.0 Å². The minimum atomic E-state index is -0.540. The van der Waals surface area contributed by atoms with Crippen molar-refractivity contribution in [3.8, 4) is 11.5 Å². The number of nitrogens with one attached hydrogen (secondary N) is 2. The largest absolute Gasteiger partial charge is 0.411 e. The van der Waals surface area contributed by atoms with E-state index in [2.05, 4.69) is 25.8 Å². The summed E-state index contributed by atoms with van der Waals surface area (Å²) in [5.74, 6) is -0.164. The Hall–Kier alpha value is -2.59. The molecule has 3 rings (SSSR count). The summed E-state index contributed by atoms with van der Waals surface area (Å²) in [4.78, 5) is 22.9. The third kappa shape index (κ3) is 3.60. The molecule has 1 amide bonds. The minimum Gasteiger partial charge on any atom is -0.411 e. The molecular weight excluding hydrogens is 344 g/mol. The first-order valence-electron chi connectivity index (χ1n) is 6.26. The summed E-state index contributed by atoms with van der Waals surface area (Å²) >= 11 is 7.09. The quantitative estimate of drug-likeness (QED) is 0.661. The number of carbonyl (C=O) groups excluding carboxylic acids is 1. The molecule has 0 bridgehead atoms. The summed E-state index contributed by atoms with van der Waals surface area (Å²) in [7, 11) is 0. The van der Waals surface area contributed by atoms with Crippen LogP contribution in [0.25, 0.3) is 11.5 Å². The lowest BCUT2D eigenvalue weighted by Crippen LogP contribution is -2.31. The number of hydrogen-bond acceptors (Lipinski definition) is 7. The molecule has 118 valence electrons. The molecule has 0 aliphatic heterocycles. The minimum absolute atomic E-state index is 0.0121. The summed E-state index contributed by atoms with van der Waals surface area (Å²) in [5.41, 5.74) is 2.42. The Labute approximate surface area is 138 Å². The third-order valence-corrected chi connectivity index (χ3v) is 3.78. The van der Waals surface area contributed by atoms with Crippen LogP contribution in [0.4, 0.5) is 0 Å². The number of hydrogen-bond donors (Lipinski definition) is 2. The van der Waals surface area contributed by atoms with Gasteiger partial charge >= 0.3 is 5.69 Å². The number of thioether (sulfide) groups is 1. The van der Waals surface area contributed by atoms with Crippen LogP contribution in [0.5, 0.6) is 0 Å². The highest BCUT2D eigenvalue weighted by Gasteiger charge is 2.13. The maximum absolute atomic E-state index is 11.7. The Morgan fingerprint density at radius 2 is 2.22 bits per heavy atom. The highest BCUT2D eigenvalue weighted by Crippen LogP contribution is 2.28. The van der Waals surface area contributed by atoms with E-state index in [0.717, 1.165) is 22.8 Å². The van der Waals surface area contributed by atoms with Crippen molar-refractivity contribution >= 4 is 29.3 Å². The molecule has 0 aliphatic rings. The van der Waals surface area contributed by atoms with Crippen LogP contribution in [0.15, 0.2) is 45.0 Å². The van der Waals surface area contributed by atoms with Gasteiger partial charge in [0.15, 0.2) is 0 Å². The molecule has 9 nitrogen and oxygen atoms in total. The Kier molecular flexibility index (Phi) is 4.44. The van der Waals surface area contributed by atoms with Gasteiger partial charge in [0.1, 0.15) is 6.33 Å². The highest BCUT2D eigenvalue weighted by molar-refractivity contribution is 7.99. The van der Waals surface area contributed by atoms with Crippen molar-refractivity contribution in [3.63, 3.8) is 0 Å². The zero-order valence-corrected chi connectivity index (χ0v) is 13.0. The molecule has 2 aromatic heterocycles. The van der Waals surface area contributed by atoms with Crippen LogP contribution in [0.2, 0.25) is 5.02 Å². The Morgan fingerprint density at radius 1 is 1.39 bits per heavy atom. The SMILES string of the molecule is O=C(CSc1nnc(-c2ccccc2Cl)o1)Nn1cn[nH]c1=O. The van der Waals surface area contributed by atoms with E-state index in [1.807, 2.05) is 0 Å². The number of H-pyrrole nitrogens is 1. The average molecular weight is 353 g/mol. The first-order valence-corrected chi connectivity index (χ1v) is 7.63. The monoisotopic (exact) mass is 352 g/mol. The smallest absolute Gasteiger partial charge is 0.362 e. The van der Waals surface area contributed by atoms with Gasteiger partial charge in [0.05, 0.1) is 16.3 Å². The number of halogens is 1. The van der Waals surface area contributed by atoms with Gasteiger partial charge in [0, 0.05) is 0 Å². The Bertz CT molecular complexity index is 889. The van der Waals surface area contributed by atoms with Crippen LogP contribution in [-0.4, -0.2) is 36.7 Å². The first kappa shape index (κ1) is 15.3. The van der Waals surface area contributed by atoms with E-state index in [0.29, 0.717) is 10.6 Å². The van der Waals surface area contributed by atoms with E-state index in [1.165, 1.54) is 0 Å². The van der Waals surface area contributed by atoms with E-state index in [1.54, 1.807) is 24.3 Å². The molecular formula is C12H9ClN6O3S. The Morgan fingerprint density at radius 3 is 2.96 bits per heavy atom. The molecule has 1 aromatic carbocycles. The summed E-state index contributed by atoms with van der Waals surface area (Å²) in [6, 6.07) is 7.06. The zero-order chi connectivity index (χ0) is 16.2. The molecule has 0 aliphatic carbocycles. The van der Waals surface area contributed by atoms with Crippen molar-refractivity contribution in [3.05, 3.63) is 46.1 Å². The van der Waals surface area contributed by atoms with Crippen molar-refractivity contribution in [2.75, 3.05) is 11.2 Å². The molecule has 0 radical (unpaired) electrons. The summed E-state index contributed by atoms with van der Waals surface area (Å²) in [5, 5.41) is 14.1. The van der Waals surface area contributed by atoms with Gasteiger partial charge in [0.25, 0.3) is 5.22 Å². The van der Waals surface area contributed by atoms with Gasteiger partial charge < -0.3 is 4.42 Å². The lowest BCUT2D eigenvalue weighted by atomic mass is 10.2. The van der Waals surface area contributed by atoms with Gasteiger partial charge in [-0.2, -0.15) is 9.77 Å². The van der Waals surface area contributed by atoms with Gasteiger partial charge in [-0.1, -0.05) is 35.5 Å². The van der Waals surface area contributed by atoms with Crippen molar-refractivity contribution in [2.24, 2.45) is 0 Å². The fourth-order valence-electron chi connectivity index (χ4n) is 1.63. The molecule has 2 N–H and O–H groups in total. The number of aromatic amines is 1. The molecule has 0 saturated carbocycles. The number of carbonyl (C=O) groups is 1. The predicted octanol–water partition coefficient (Wildman–Crippen LogP) is 1.14. The van der Waals surface area contributed by atoms with Gasteiger partial charge in [-0.05, 0) is 12.1 Å². The van der Waals surface area contributed by atoms with E-state index in [9.17, 15) is 9.59 Å². The van der Waals surface area contributed by atoms with Gasteiger partial charge in [-0.15, -0.1) is 10.2 Å². The fourth-order valence-corrected chi connectivity index (χ4v) is 2.41. The van der Waals surface area contributed by atoms with E-state index >= 15 is 0 Å².